The van der Waals surface area contributed by atoms with E-state index in [9.17, 15) is 9.90 Å². The molecule has 0 aliphatic heterocycles. The third-order valence-corrected chi connectivity index (χ3v) is 6.02. The minimum absolute atomic E-state index is 0.175. The van der Waals surface area contributed by atoms with E-state index in [2.05, 4.69) is 28.6 Å². The van der Waals surface area contributed by atoms with Gasteiger partial charge in [-0.05, 0) is 54.2 Å². The van der Waals surface area contributed by atoms with Gasteiger partial charge in [0.05, 0.1) is 27.9 Å². The maximum absolute atomic E-state index is 12.6. The minimum Gasteiger partial charge on any atom is -0.508 e. The number of amides is 1. The van der Waals surface area contributed by atoms with Crippen LogP contribution in [0.1, 0.15) is 43.5 Å². The monoisotopic (exact) mass is 469 g/mol. The van der Waals surface area contributed by atoms with Crippen molar-refractivity contribution < 1.29 is 9.90 Å². The Morgan fingerprint density at radius 1 is 1.25 bits per heavy atom. The lowest BCUT2D eigenvalue weighted by atomic mass is 10.1. The predicted octanol–water partition coefficient (Wildman–Crippen LogP) is 5.99. The van der Waals surface area contributed by atoms with Crippen LogP contribution in [0.2, 0.25) is 5.02 Å². The van der Waals surface area contributed by atoms with E-state index in [4.69, 9.17) is 16.6 Å². The number of anilines is 1. The number of aromatic hydroxyl groups is 1. The number of rotatable bonds is 8. The highest BCUT2D eigenvalue weighted by atomic mass is 35.5. The largest absolute Gasteiger partial charge is 0.508 e. The highest BCUT2D eigenvalue weighted by molar-refractivity contribution is 7.03. The lowest BCUT2D eigenvalue weighted by molar-refractivity contribution is 0.102. The van der Waals surface area contributed by atoms with Crippen LogP contribution in [0.4, 0.5) is 5.82 Å². The minimum atomic E-state index is -0.274. The number of hydrogen-bond acceptors (Lipinski definition) is 6. The summed E-state index contributed by atoms with van der Waals surface area (Å²) in [6.07, 6.45) is 4.71. The van der Waals surface area contributed by atoms with E-state index < -0.39 is 0 Å². The standard InChI is InChI=1S/C23H24ClN5O2S/c1-14(2)5-3-4-10-29-22-18(21(28-29)27-23(31)16-12-25-32-13-16)11-19(24)20(26-22)15-6-8-17(30)9-7-15/h6-9,11-14,30H,3-5,10H2,1-2H3,(H,27,28,31). The zero-order chi connectivity index (χ0) is 22.7. The second-order valence-electron chi connectivity index (χ2n) is 8.07. The van der Waals surface area contributed by atoms with Crippen LogP contribution in [0.15, 0.2) is 41.9 Å². The summed E-state index contributed by atoms with van der Waals surface area (Å²) in [6.45, 7) is 5.11. The van der Waals surface area contributed by atoms with Crippen molar-refractivity contribution in [2.45, 2.75) is 39.7 Å². The predicted molar refractivity (Wildman–Crippen MR) is 128 cm³/mol. The lowest BCUT2D eigenvalue weighted by Crippen LogP contribution is -2.12. The molecule has 3 aromatic heterocycles. The topological polar surface area (TPSA) is 92.9 Å². The molecule has 0 unspecified atom stereocenters. The number of phenolic OH excluding ortho intramolecular Hbond substituents is 1. The van der Waals surface area contributed by atoms with Crippen LogP contribution in [0.25, 0.3) is 22.3 Å². The Labute approximate surface area is 195 Å². The van der Waals surface area contributed by atoms with Crippen molar-refractivity contribution in [1.82, 2.24) is 19.1 Å². The molecule has 9 heteroatoms. The van der Waals surface area contributed by atoms with Gasteiger partial charge in [-0.1, -0.05) is 38.3 Å². The molecule has 0 radical (unpaired) electrons. The fourth-order valence-corrected chi connectivity index (χ4v) is 4.23. The number of hydrogen-bond donors (Lipinski definition) is 2. The van der Waals surface area contributed by atoms with Gasteiger partial charge in [0.2, 0.25) is 0 Å². The van der Waals surface area contributed by atoms with Crippen LogP contribution < -0.4 is 5.32 Å². The zero-order valence-electron chi connectivity index (χ0n) is 17.9. The molecule has 0 saturated carbocycles. The fourth-order valence-electron chi connectivity index (χ4n) is 3.45. The van der Waals surface area contributed by atoms with E-state index in [1.165, 1.54) is 17.7 Å². The molecule has 0 atom stereocenters. The number of carbonyl (C=O) groups excluding carboxylic acids is 1. The summed E-state index contributed by atoms with van der Waals surface area (Å²) in [5.41, 5.74) is 2.52. The molecule has 1 aromatic carbocycles. The van der Waals surface area contributed by atoms with Crippen LogP contribution in [-0.4, -0.2) is 30.2 Å². The van der Waals surface area contributed by atoms with E-state index in [1.54, 1.807) is 35.7 Å². The summed E-state index contributed by atoms with van der Waals surface area (Å²) in [7, 11) is 0. The highest BCUT2D eigenvalue weighted by Crippen LogP contribution is 2.33. The van der Waals surface area contributed by atoms with Gasteiger partial charge in [-0.15, -0.1) is 0 Å². The molecule has 0 saturated heterocycles. The molecule has 0 aliphatic rings. The molecular formula is C23H24ClN5O2S. The van der Waals surface area contributed by atoms with Gasteiger partial charge in [0.25, 0.3) is 5.91 Å². The van der Waals surface area contributed by atoms with E-state index in [-0.39, 0.29) is 11.7 Å². The van der Waals surface area contributed by atoms with Gasteiger partial charge in [0, 0.05) is 17.5 Å². The summed E-state index contributed by atoms with van der Waals surface area (Å²) < 4.78 is 5.82. The van der Waals surface area contributed by atoms with Gasteiger partial charge in [0.1, 0.15) is 5.75 Å². The highest BCUT2D eigenvalue weighted by Gasteiger charge is 2.19. The van der Waals surface area contributed by atoms with Crippen molar-refractivity contribution in [3.63, 3.8) is 0 Å². The molecule has 0 spiro atoms. The van der Waals surface area contributed by atoms with Crippen molar-refractivity contribution >= 4 is 45.9 Å². The first-order valence-electron chi connectivity index (χ1n) is 10.5. The summed E-state index contributed by atoms with van der Waals surface area (Å²) >= 11 is 7.79. The Morgan fingerprint density at radius 3 is 2.72 bits per heavy atom. The molecule has 3 heterocycles. The summed E-state index contributed by atoms with van der Waals surface area (Å²) in [6, 6.07) is 8.52. The van der Waals surface area contributed by atoms with Crippen LogP contribution in [0.3, 0.4) is 0 Å². The van der Waals surface area contributed by atoms with Gasteiger partial charge in [-0.2, -0.15) is 5.10 Å². The first-order chi connectivity index (χ1) is 15.4. The number of nitrogens with one attached hydrogen (secondary N) is 1. The average molecular weight is 470 g/mol. The molecule has 0 aliphatic carbocycles. The Balaban J connectivity index is 1.72. The number of unbranched alkanes of at least 4 members (excludes halogenated alkanes) is 1. The third kappa shape index (κ3) is 4.92. The molecule has 2 N–H and O–H groups in total. The van der Waals surface area contributed by atoms with Gasteiger partial charge in [0.15, 0.2) is 11.5 Å². The van der Waals surface area contributed by atoms with E-state index in [1.807, 2.05) is 4.68 Å². The van der Waals surface area contributed by atoms with E-state index >= 15 is 0 Å². The Hall–Kier alpha value is -2.97. The maximum Gasteiger partial charge on any atom is 0.259 e. The van der Waals surface area contributed by atoms with Crippen molar-refractivity contribution in [3.05, 3.63) is 52.5 Å². The van der Waals surface area contributed by atoms with Crippen molar-refractivity contribution in [2.24, 2.45) is 5.92 Å². The van der Waals surface area contributed by atoms with Gasteiger partial charge in [-0.25, -0.2) is 14.0 Å². The van der Waals surface area contributed by atoms with Gasteiger partial charge >= 0.3 is 0 Å². The second-order valence-corrected chi connectivity index (χ2v) is 9.13. The SMILES string of the molecule is CC(C)CCCCn1nc(NC(=O)c2cnsc2)c2cc(Cl)c(-c3ccc(O)cc3)nc21. The molecule has 7 nitrogen and oxygen atoms in total. The number of fused-ring (bicyclic) bond motifs is 1. The number of phenols is 1. The van der Waals surface area contributed by atoms with E-state index in [0.717, 1.165) is 24.8 Å². The lowest BCUT2D eigenvalue weighted by Gasteiger charge is -2.08. The summed E-state index contributed by atoms with van der Waals surface area (Å²) in [5, 5.41) is 19.9. The zero-order valence-corrected chi connectivity index (χ0v) is 19.5. The normalized spacial score (nSPS) is 11.4. The molecule has 0 fully saturated rings. The first-order valence-corrected chi connectivity index (χ1v) is 11.7. The van der Waals surface area contributed by atoms with Crippen molar-refractivity contribution in [2.75, 3.05) is 5.32 Å². The maximum atomic E-state index is 12.6. The number of benzene rings is 1. The van der Waals surface area contributed by atoms with Gasteiger partial charge in [-0.3, -0.25) is 4.79 Å². The molecule has 0 bridgehead atoms. The van der Waals surface area contributed by atoms with Crippen molar-refractivity contribution in [3.8, 4) is 17.0 Å². The van der Waals surface area contributed by atoms with E-state index in [0.29, 0.717) is 45.6 Å². The molecule has 32 heavy (non-hydrogen) atoms. The number of halogens is 1. The quantitative estimate of drug-likeness (QED) is 0.309. The van der Waals surface area contributed by atoms with Crippen LogP contribution in [0.5, 0.6) is 5.75 Å². The van der Waals surface area contributed by atoms with Crippen LogP contribution >= 0.6 is 23.1 Å². The molecule has 4 aromatic rings. The molecule has 166 valence electrons. The number of pyridine rings is 1. The Kier molecular flexibility index (Phi) is 6.72. The molecule has 1 amide bonds. The summed E-state index contributed by atoms with van der Waals surface area (Å²) in [4.78, 5) is 17.4. The second kappa shape index (κ2) is 9.67. The number of aryl methyl sites for hydroxylation is 1. The van der Waals surface area contributed by atoms with Crippen molar-refractivity contribution in [1.29, 1.82) is 0 Å². The van der Waals surface area contributed by atoms with Gasteiger partial charge < -0.3 is 10.4 Å². The Morgan fingerprint density at radius 2 is 2.03 bits per heavy atom. The average Bonchev–Trinajstić information content (AvgIpc) is 3.40. The number of aromatic nitrogens is 4. The summed E-state index contributed by atoms with van der Waals surface area (Å²) in [5.74, 6) is 0.973. The first kappa shape index (κ1) is 22.2. The number of nitrogens with zero attached hydrogens (tertiary/aromatic N) is 4. The molecule has 4 rings (SSSR count). The third-order valence-electron chi connectivity index (χ3n) is 5.14. The van der Waals surface area contributed by atoms with Crippen LogP contribution in [-0.2, 0) is 6.54 Å². The number of carbonyl (C=O) groups is 1. The Bertz CT molecular complexity index is 1220. The molecular weight excluding hydrogens is 446 g/mol. The fraction of sp³-hybridized carbons (Fsp3) is 0.304. The van der Waals surface area contributed by atoms with Crippen LogP contribution in [0, 0.1) is 5.92 Å². The smallest absolute Gasteiger partial charge is 0.259 e.